The number of benzene rings is 1. The average Bonchev–Trinajstić information content (AvgIpc) is 2.79. The number of ether oxygens (including phenoxy) is 1. The van der Waals surface area contributed by atoms with Crippen LogP contribution in [0.5, 0.6) is 5.75 Å². The number of fused-ring (bicyclic) bond motifs is 1. The SMILES string of the molecule is Cc1cc(S(=O)(=O)N[C@@H]2CCOc3ccccc32)c(C)s1. The van der Waals surface area contributed by atoms with Crippen molar-refractivity contribution in [1.29, 1.82) is 0 Å². The number of nitrogens with one attached hydrogen (secondary N) is 1. The van der Waals surface area contributed by atoms with Crippen molar-refractivity contribution in [2.45, 2.75) is 31.2 Å². The third-order valence-corrected chi connectivity index (χ3v) is 6.23. The summed E-state index contributed by atoms with van der Waals surface area (Å²) in [5.41, 5.74) is 0.900. The minimum atomic E-state index is -3.51. The number of hydrogen-bond acceptors (Lipinski definition) is 4. The molecule has 1 aromatic carbocycles. The maximum atomic E-state index is 12.6. The molecule has 0 bridgehead atoms. The predicted molar refractivity (Wildman–Crippen MR) is 83.4 cm³/mol. The Hall–Kier alpha value is -1.37. The smallest absolute Gasteiger partial charge is 0.242 e. The molecule has 0 amide bonds. The van der Waals surface area contributed by atoms with Gasteiger partial charge < -0.3 is 4.74 Å². The Morgan fingerprint density at radius 1 is 1.29 bits per heavy atom. The Morgan fingerprint density at radius 3 is 2.76 bits per heavy atom. The quantitative estimate of drug-likeness (QED) is 0.944. The molecule has 4 nitrogen and oxygen atoms in total. The number of aryl methyl sites for hydroxylation is 2. The molecule has 0 radical (unpaired) electrons. The topological polar surface area (TPSA) is 55.4 Å². The van der Waals surface area contributed by atoms with E-state index in [1.807, 2.05) is 38.1 Å². The first-order chi connectivity index (χ1) is 9.97. The number of rotatable bonds is 3. The van der Waals surface area contributed by atoms with Gasteiger partial charge in [0.25, 0.3) is 0 Å². The maximum Gasteiger partial charge on any atom is 0.242 e. The summed E-state index contributed by atoms with van der Waals surface area (Å²) < 4.78 is 33.6. The molecule has 2 heterocycles. The molecule has 1 N–H and O–H groups in total. The van der Waals surface area contributed by atoms with Gasteiger partial charge in [0.15, 0.2) is 0 Å². The molecule has 1 aromatic heterocycles. The Balaban J connectivity index is 1.92. The van der Waals surface area contributed by atoms with E-state index >= 15 is 0 Å². The minimum absolute atomic E-state index is 0.237. The van der Waals surface area contributed by atoms with Crippen molar-refractivity contribution in [1.82, 2.24) is 4.72 Å². The van der Waals surface area contributed by atoms with Crippen LogP contribution in [0.2, 0.25) is 0 Å². The highest BCUT2D eigenvalue weighted by Gasteiger charge is 2.28. The largest absolute Gasteiger partial charge is 0.493 e. The summed E-state index contributed by atoms with van der Waals surface area (Å²) in [5.74, 6) is 0.759. The molecule has 0 spiro atoms. The van der Waals surface area contributed by atoms with Crippen LogP contribution >= 0.6 is 11.3 Å². The predicted octanol–water partition coefficient (Wildman–Crippen LogP) is 3.17. The van der Waals surface area contributed by atoms with E-state index in [0.717, 1.165) is 21.1 Å². The highest BCUT2D eigenvalue weighted by molar-refractivity contribution is 7.89. The molecule has 112 valence electrons. The van der Waals surface area contributed by atoms with Gasteiger partial charge >= 0.3 is 0 Å². The molecular weight excluding hydrogens is 306 g/mol. The van der Waals surface area contributed by atoms with Crippen molar-refractivity contribution in [3.05, 3.63) is 45.6 Å². The molecule has 0 aliphatic carbocycles. The van der Waals surface area contributed by atoms with E-state index in [4.69, 9.17) is 4.74 Å². The van der Waals surface area contributed by atoms with Gasteiger partial charge in [-0.1, -0.05) is 18.2 Å². The van der Waals surface area contributed by atoms with Crippen molar-refractivity contribution in [3.8, 4) is 5.75 Å². The molecule has 0 saturated heterocycles. The molecule has 0 unspecified atom stereocenters. The Morgan fingerprint density at radius 2 is 2.05 bits per heavy atom. The monoisotopic (exact) mass is 323 g/mol. The third kappa shape index (κ3) is 2.84. The molecule has 0 fully saturated rings. The summed E-state index contributed by atoms with van der Waals surface area (Å²) in [6.45, 7) is 4.27. The van der Waals surface area contributed by atoms with Crippen LogP contribution in [0.25, 0.3) is 0 Å². The van der Waals surface area contributed by atoms with Crippen molar-refractivity contribution >= 4 is 21.4 Å². The van der Waals surface area contributed by atoms with Crippen LogP contribution in [0.15, 0.2) is 35.2 Å². The second-order valence-corrected chi connectivity index (χ2v) is 8.27. The first kappa shape index (κ1) is 14.6. The van der Waals surface area contributed by atoms with Gasteiger partial charge in [-0.15, -0.1) is 11.3 Å². The lowest BCUT2D eigenvalue weighted by Crippen LogP contribution is -2.32. The van der Waals surface area contributed by atoms with Crippen molar-refractivity contribution < 1.29 is 13.2 Å². The van der Waals surface area contributed by atoms with Crippen LogP contribution < -0.4 is 9.46 Å². The van der Waals surface area contributed by atoms with Crippen LogP contribution in [0.1, 0.15) is 27.8 Å². The molecule has 21 heavy (non-hydrogen) atoms. The first-order valence-electron chi connectivity index (χ1n) is 6.78. The summed E-state index contributed by atoms with van der Waals surface area (Å²) in [7, 11) is -3.51. The molecule has 2 aromatic rings. The van der Waals surface area contributed by atoms with E-state index in [2.05, 4.69) is 4.72 Å². The summed E-state index contributed by atoms with van der Waals surface area (Å²) in [4.78, 5) is 2.20. The van der Waals surface area contributed by atoms with Gasteiger partial charge in [0.2, 0.25) is 10.0 Å². The zero-order valence-corrected chi connectivity index (χ0v) is 13.6. The zero-order chi connectivity index (χ0) is 15.0. The standard InChI is InChI=1S/C15H17NO3S2/c1-10-9-15(11(2)20-10)21(17,18)16-13-7-8-19-14-6-4-3-5-12(13)14/h3-6,9,13,16H,7-8H2,1-2H3/t13-/m1/s1. The summed E-state index contributed by atoms with van der Waals surface area (Å²) in [6.07, 6.45) is 0.637. The lowest BCUT2D eigenvalue weighted by Gasteiger charge is -2.26. The van der Waals surface area contributed by atoms with E-state index in [1.165, 1.54) is 11.3 Å². The van der Waals surface area contributed by atoms with Crippen LogP contribution in [0.4, 0.5) is 0 Å². The number of para-hydroxylation sites is 1. The number of hydrogen-bond donors (Lipinski definition) is 1. The zero-order valence-electron chi connectivity index (χ0n) is 11.9. The molecular formula is C15H17NO3S2. The molecule has 1 aliphatic rings. The molecule has 6 heteroatoms. The highest BCUT2D eigenvalue weighted by Crippen LogP contribution is 2.33. The molecule has 3 rings (SSSR count). The van der Waals surface area contributed by atoms with E-state index in [1.54, 1.807) is 6.07 Å². The van der Waals surface area contributed by atoms with Gasteiger partial charge in [0.1, 0.15) is 5.75 Å². The van der Waals surface area contributed by atoms with Gasteiger partial charge in [0.05, 0.1) is 17.5 Å². The second kappa shape index (κ2) is 5.44. The van der Waals surface area contributed by atoms with Crippen molar-refractivity contribution in [3.63, 3.8) is 0 Å². The Kier molecular flexibility index (Phi) is 3.77. The van der Waals surface area contributed by atoms with Gasteiger partial charge in [-0.05, 0) is 26.0 Å². The fourth-order valence-corrected chi connectivity index (χ4v) is 5.39. The third-order valence-electron chi connectivity index (χ3n) is 3.54. The van der Waals surface area contributed by atoms with Crippen LogP contribution in [-0.2, 0) is 10.0 Å². The number of thiophene rings is 1. The van der Waals surface area contributed by atoms with Crippen LogP contribution in [0, 0.1) is 13.8 Å². The van der Waals surface area contributed by atoms with Crippen molar-refractivity contribution in [2.24, 2.45) is 0 Å². The first-order valence-corrected chi connectivity index (χ1v) is 9.08. The summed E-state index contributed by atoms with van der Waals surface area (Å²) in [6, 6.07) is 9.06. The molecule has 1 atom stereocenters. The van der Waals surface area contributed by atoms with Crippen molar-refractivity contribution in [2.75, 3.05) is 6.61 Å². The lowest BCUT2D eigenvalue weighted by atomic mass is 10.0. The van der Waals surface area contributed by atoms with Gasteiger partial charge in [0, 0.05) is 21.7 Å². The fraction of sp³-hybridized carbons (Fsp3) is 0.333. The maximum absolute atomic E-state index is 12.6. The van der Waals surface area contributed by atoms with E-state index in [0.29, 0.717) is 17.9 Å². The second-order valence-electron chi connectivity index (χ2n) is 5.13. The highest BCUT2D eigenvalue weighted by atomic mass is 32.2. The Labute approximate surface area is 128 Å². The van der Waals surface area contributed by atoms with Gasteiger partial charge in [-0.2, -0.15) is 0 Å². The van der Waals surface area contributed by atoms with Gasteiger partial charge in [-0.25, -0.2) is 13.1 Å². The molecule has 0 saturated carbocycles. The van der Waals surface area contributed by atoms with Crippen LogP contribution in [0.3, 0.4) is 0 Å². The molecule has 1 aliphatic heterocycles. The van der Waals surface area contributed by atoms with E-state index < -0.39 is 10.0 Å². The number of sulfonamides is 1. The van der Waals surface area contributed by atoms with E-state index in [9.17, 15) is 8.42 Å². The summed E-state index contributed by atoms with van der Waals surface area (Å²) >= 11 is 1.50. The Bertz CT molecular complexity index is 765. The van der Waals surface area contributed by atoms with Crippen LogP contribution in [-0.4, -0.2) is 15.0 Å². The lowest BCUT2D eigenvalue weighted by molar-refractivity contribution is 0.263. The summed E-state index contributed by atoms with van der Waals surface area (Å²) in [5, 5.41) is 0. The normalized spacial score (nSPS) is 18.1. The average molecular weight is 323 g/mol. The minimum Gasteiger partial charge on any atom is -0.493 e. The fourth-order valence-electron chi connectivity index (χ4n) is 2.59. The van der Waals surface area contributed by atoms with E-state index in [-0.39, 0.29) is 6.04 Å². The van der Waals surface area contributed by atoms with Gasteiger partial charge in [-0.3, -0.25) is 0 Å².